The van der Waals surface area contributed by atoms with E-state index in [1.165, 1.54) is 26.4 Å². The first-order valence-electron chi connectivity index (χ1n) is 9.17. The minimum atomic E-state index is -4.57. The van der Waals surface area contributed by atoms with Crippen LogP contribution >= 0.6 is 27.7 Å². The van der Waals surface area contributed by atoms with Crippen LogP contribution < -0.4 is 14.8 Å². The molecule has 0 bridgehead atoms. The number of rotatable bonds is 6. The van der Waals surface area contributed by atoms with Gasteiger partial charge in [-0.3, -0.25) is 19.3 Å². The van der Waals surface area contributed by atoms with Gasteiger partial charge in [-0.05, 0) is 69.7 Å². The molecular weight excluding hydrogens is 529 g/mol. The van der Waals surface area contributed by atoms with Gasteiger partial charge in [-0.2, -0.15) is 13.2 Å². The number of nitrogens with zero attached hydrogens (tertiary/aromatic N) is 1. The van der Waals surface area contributed by atoms with Crippen LogP contribution in [0.5, 0.6) is 11.5 Å². The molecule has 0 aromatic heterocycles. The molecule has 174 valence electrons. The summed E-state index contributed by atoms with van der Waals surface area (Å²) in [6.45, 7) is -0.645. The van der Waals surface area contributed by atoms with Crippen LogP contribution in [-0.2, 0) is 15.8 Å². The summed E-state index contributed by atoms with van der Waals surface area (Å²) in [7, 11) is 2.92. The fourth-order valence-corrected chi connectivity index (χ4v) is 4.39. The molecule has 0 atom stereocenters. The van der Waals surface area contributed by atoms with Gasteiger partial charge in [0.1, 0.15) is 6.54 Å². The van der Waals surface area contributed by atoms with Crippen LogP contribution in [0.3, 0.4) is 0 Å². The predicted molar refractivity (Wildman–Crippen MR) is 120 cm³/mol. The zero-order valence-electron chi connectivity index (χ0n) is 17.2. The fourth-order valence-electron chi connectivity index (χ4n) is 2.93. The Morgan fingerprint density at radius 2 is 1.91 bits per heavy atom. The standard InChI is InChI=1S/C21H16BrF3N2O5S/c1-31-15-7-11(6-14(22)18(15)32-2)8-16-19(29)27(20(30)33-16)10-17(28)26-13-5-3-4-12(9-13)21(23,24)25/h3-9H,10H2,1-2H3,(H,26,28)/b16-8-. The average molecular weight is 545 g/mol. The molecule has 1 saturated heterocycles. The fraction of sp³-hybridized carbons (Fsp3) is 0.190. The first kappa shape index (κ1) is 24.6. The number of methoxy groups -OCH3 is 2. The minimum Gasteiger partial charge on any atom is -0.493 e. The first-order valence-corrected chi connectivity index (χ1v) is 10.8. The molecule has 1 aliphatic rings. The molecule has 7 nitrogen and oxygen atoms in total. The number of halogens is 4. The van der Waals surface area contributed by atoms with Crippen molar-refractivity contribution in [3.05, 3.63) is 56.9 Å². The third kappa shape index (κ3) is 5.69. The van der Waals surface area contributed by atoms with Crippen molar-refractivity contribution in [1.29, 1.82) is 0 Å². The van der Waals surface area contributed by atoms with Crippen molar-refractivity contribution in [3.63, 3.8) is 0 Å². The second kappa shape index (κ2) is 9.87. The summed E-state index contributed by atoms with van der Waals surface area (Å²) in [5.74, 6) is -0.659. The molecule has 0 saturated carbocycles. The summed E-state index contributed by atoms with van der Waals surface area (Å²) in [5, 5.41) is 1.60. The Hall–Kier alpha value is -2.99. The maximum absolute atomic E-state index is 12.8. The highest BCUT2D eigenvalue weighted by Crippen LogP contribution is 2.39. The van der Waals surface area contributed by atoms with Crippen LogP contribution in [0.25, 0.3) is 6.08 Å². The van der Waals surface area contributed by atoms with Crippen molar-refractivity contribution in [2.75, 3.05) is 26.1 Å². The van der Waals surface area contributed by atoms with E-state index < -0.39 is 35.3 Å². The van der Waals surface area contributed by atoms with Gasteiger partial charge in [-0.25, -0.2) is 0 Å². The van der Waals surface area contributed by atoms with Gasteiger partial charge in [-0.1, -0.05) is 6.07 Å². The Labute approximate surface area is 199 Å². The molecule has 0 unspecified atom stereocenters. The summed E-state index contributed by atoms with van der Waals surface area (Å²) in [6.07, 6.45) is -3.11. The number of carbonyl (C=O) groups excluding carboxylic acids is 3. The van der Waals surface area contributed by atoms with Gasteiger partial charge in [0.2, 0.25) is 5.91 Å². The van der Waals surface area contributed by atoms with Crippen molar-refractivity contribution in [3.8, 4) is 11.5 Å². The number of benzene rings is 2. The van der Waals surface area contributed by atoms with Gasteiger partial charge in [-0.15, -0.1) is 0 Å². The molecule has 2 aromatic carbocycles. The summed E-state index contributed by atoms with van der Waals surface area (Å²) < 4.78 is 49.6. The zero-order chi connectivity index (χ0) is 24.3. The van der Waals surface area contributed by atoms with E-state index in [9.17, 15) is 27.6 Å². The highest BCUT2D eigenvalue weighted by atomic mass is 79.9. The van der Waals surface area contributed by atoms with E-state index >= 15 is 0 Å². The number of carbonyl (C=O) groups is 3. The van der Waals surface area contributed by atoms with Gasteiger partial charge in [0.25, 0.3) is 11.1 Å². The second-order valence-electron chi connectivity index (χ2n) is 6.63. The normalized spacial score (nSPS) is 15.2. The van der Waals surface area contributed by atoms with Crippen molar-refractivity contribution in [1.82, 2.24) is 4.90 Å². The van der Waals surface area contributed by atoms with Crippen LogP contribution in [0.1, 0.15) is 11.1 Å². The highest BCUT2D eigenvalue weighted by Gasteiger charge is 2.36. The van der Waals surface area contributed by atoms with Crippen LogP contribution in [0.15, 0.2) is 45.8 Å². The third-order valence-corrected chi connectivity index (χ3v) is 5.90. The Kier molecular flexibility index (Phi) is 7.38. The molecule has 12 heteroatoms. The molecule has 3 rings (SSSR count). The van der Waals surface area contributed by atoms with Gasteiger partial charge < -0.3 is 14.8 Å². The summed E-state index contributed by atoms with van der Waals surface area (Å²) >= 11 is 3.98. The largest absolute Gasteiger partial charge is 0.493 e. The van der Waals surface area contributed by atoms with Gasteiger partial charge >= 0.3 is 6.18 Å². The number of hydrogen-bond acceptors (Lipinski definition) is 6. The van der Waals surface area contributed by atoms with E-state index in [4.69, 9.17) is 9.47 Å². The smallest absolute Gasteiger partial charge is 0.416 e. The monoisotopic (exact) mass is 544 g/mol. The topological polar surface area (TPSA) is 84.9 Å². The number of thioether (sulfide) groups is 1. The van der Waals surface area contributed by atoms with E-state index in [0.29, 0.717) is 33.3 Å². The Morgan fingerprint density at radius 3 is 2.55 bits per heavy atom. The number of nitrogens with one attached hydrogen (secondary N) is 1. The lowest BCUT2D eigenvalue weighted by atomic mass is 10.2. The maximum atomic E-state index is 12.8. The Bertz CT molecular complexity index is 1150. The molecule has 0 aliphatic carbocycles. The van der Waals surface area contributed by atoms with Crippen molar-refractivity contribution < 1.29 is 37.0 Å². The molecule has 3 amide bonds. The third-order valence-electron chi connectivity index (χ3n) is 4.40. The van der Waals surface area contributed by atoms with Crippen molar-refractivity contribution in [2.24, 2.45) is 0 Å². The van der Waals surface area contributed by atoms with Crippen LogP contribution in [0, 0.1) is 0 Å². The molecule has 1 fully saturated rings. The summed E-state index contributed by atoms with van der Waals surface area (Å²) in [4.78, 5) is 38.0. The molecule has 2 aromatic rings. The number of hydrogen-bond donors (Lipinski definition) is 1. The molecule has 0 radical (unpaired) electrons. The highest BCUT2D eigenvalue weighted by molar-refractivity contribution is 9.10. The molecule has 0 spiro atoms. The van der Waals surface area contributed by atoms with Crippen molar-refractivity contribution in [2.45, 2.75) is 6.18 Å². The minimum absolute atomic E-state index is 0.0750. The van der Waals surface area contributed by atoms with E-state index in [1.54, 1.807) is 12.1 Å². The van der Waals surface area contributed by atoms with Crippen LogP contribution in [0.2, 0.25) is 0 Å². The Morgan fingerprint density at radius 1 is 1.18 bits per heavy atom. The number of ether oxygens (including phenoxy) is 2. The molecular formula is C21H16BrF3N2O5S. The number of imide groups is 1. The predicted octanol–water partition coefficient (Wildman–Crippen LogP) is 5.16. The van der Waals surface area contributed by atoms with Gasteiger partial charge in [0.05, 0.1) is 29.2 Å². The lowest BCUT2D eigenvalue weighted by Gasteiger charge is -2.13. The molecule has 1 heterocycles. The lowest BCUT2D eigenvalue weighted by molar-refractivity contribution is -0.137. The number of amides is 3. The number of anilines is 1. The maximum Gasteiger partial charge on any atom is 0.416 e. The molecule has 33 heavy (non-hydrogen) atoms. The second-order valence-corrected chi connectivity index (χ2v) is 8.48. The number of alkyl halides is 3. The summed E-state index contributed by atoms with van der Waals surface area (Å²) in [5.41, 5.74) is -0.499. The first-order chi connectivity index (χ1) is 15.5. The van der Waals surface area contributed by atoms with E-state index in [2.05, 4.69) is 21.2 Å². The SMILES string of the molecule is COc1cc(/C=C2\SC(=O)N(CC(=O)Nc3cccc(C(F)(F)F)c3)C2=O)cc(Br)c1OC. The van der Waals surface area contributed by atoms with Crippen LogP contribution in [-0.4, -0.2) is 42.7 Å². The molecule has 1 aliphatic heterocycles. The zero-order valence-corrected chi connectivity index (χ0v) is 19.6. The quantitative estimate of drug-likeness (QED) is 0.505. The van der Waals surface area contributed by atoms with E-state index in [1.807, 2.05) is 0 Å². The Balaban J connectivity index is 1.74. The molecule has 1 N–H and O–H groups in total. The lowest BCUT2D eigenvalue weighted by Crippen LogP contribution is -2.36. The van der Waals surface area contributed by atoms with Gasteiger partial charge in [0, 0.05) is 5.69 Å². The van der Waals surface area contributed by atoms with Gasteiger partial charge in [0.15, 0.2) is 11.5 Å². The van der Waals surface area contributed by atoms with E-state index in [-0.39, 0.29) is 10.6 Å². The summed E-state index contributed by atoms with van der Waals surface area (Å²) in [6, 6.07) is 7.32. The van der Waals surface area contributed by atoms with Crippen molar-refractivity contribution >= 4 is 56.5 Å². The van der Waals surface area contributed by atoms with E-state index in [0.717, 1.165) is 23.1 Å². The van der Waals surface area contributed by atoms with Crippen LogP contribution in [0.4, 0.5) is 23.7 Å². The average Bonchev–Trinajstić information content (AvgIpc) is 3.00.